The van der Waals surface area contributed by atoms with Crippen molar-refractivity contribution in [2.24, 2.45) is 0 Å². The molecule has 2 N–H and O–H groups in total. The van der Waals surface area contributed by atoms with Crippen LogP contribution in [0.15, 0.2) is 72.8 Å². The molecule has 5 rings (SSSR count). The average Bonchev–Trinajstić information content (AvgIpc) is 2.74. The Morgan fingerprint density at radius 1 is 0.581 bits per heavy atom. The molecule has 0 aliphatic heterocycles. The van der Waals surface area contributed by atoms with Crippen LogP contribution in [0.4, 0.5) is 0 Å². The van der Waals surface area contributed by atoms with Gasteiger partial charge in [0.2, 0.25) is 0 Å². The number of para-hydroxylation sites is 2. The van der Waals surface area contributed by atoms with Gasteiger partial charge in [-0.2, -0.15) is 0 Å². The summed E-state index contributed by atoms with van der Waals surface area (Å²) in [6.45, 7) is 4.08. The number of benzene rings is 3. The van der Waals surface area contributed by atoms with Crippen LogP contribution in [0.5, 0.6) is 11.5 Å². The van der Waals surface area contributed by atoms with Crippen molar-refractivity contribution in [2.45, 2.75) is 13.8 Å². The number of pyridine rings is 2. The number of nitrogens with zero attached hydrogens (tertiary/aromatic N) is 2. The molecule has 31 heavy (non-hydrogen) atoms. The number of aryl methyl sites for hydroxylation is 2. The fourth-order valence-electron chi connectivity index (χ4n) is 3.97. The molecule has 0 saturated carbocycles. The van der Waals surface area contributed by atoms with Crippen molar-refractivity contribution in [3.8, 4) is 34.0 Å². The summed E-state index contributed by atoms with van der Waals surface area (Å²) in [7, 11) is 0. The van der Waals surface area contributed by atoms with Gasteiger partial charge in [0.15, 0.2) is 0 Å². The fourth-order valence-corrected chi connectivity index (χ4v) is 3.97. The van der Waals surface area contributed by atoms with E-state index in [0.29, 0.717) is 22.5 Å². The molecule has 0 fully saturated rings. The molecule has 2 aromatic heterocycles. The van der Waals surface area contributed by atoms with Crippen LogP contribution in [0.2, 0.25) is 0 Å². The molecule has 5 heteroatoms. The van der Waals surface area contributed by atoms with E-state index in [1.54, 1.807) is 24.3 Å². The molecule has 3 aromatic carbocycles. The minimum absolute atomic E-state index is 0. The topological polar surface area (TPSA) is 66.2 Å². The minimum Gasteiger partial charge on any atom is -0.507 e. The number of hydrogen-bond acceptors (Lipinski definition) is 4. The van der Waals surface area contributed by atoms with E-state index in [1.807, 2.05) is 50.2 Å². The first kappa shape index (κ1) is 21.0. The Bertz CT molecular complexity index is 1340. The van der Waals surface area contributed by atoms with Gasteiger partial charge in [-0.05, 0) is 61.4 Å². The second-order valence-corrected chi connectivity index (χ2v) is 7.54. The molecule has 0 spiro atoms. The zero-order valence-electron chi connectivity index (χ0n) is 17.0. The monoisotopic (exact) mass is 587 g/mol. The summed E-state index contributed by atoms with van der Waals surface area (Å²) in [5, 5.41) is 22.7. The standard InChI is InChI=1S/C26H20N2O2.Pt/c1-15-13-21(19-7-3-5-9-23(19)29)27-25-17(15)11-12-18-16(2)14-22(28-26(18)25)20-8-4-6-10-24(20)30;/h3-14,29-30H,1-2H3;. The molecule has 2 heterocycles. The maximum Gasteiger partial charge on any atom is 0.124 e. The van der Waals surface area contributed by atoms with Gasteiger partial charge >= 0.3 is 0 Å². The van der Waals surface area contributed by atoms with Crippen LogP contribution in [0.25, 0.3) is 44.3 Å². The third-order valence-electron chi connectivity index (χ3n) is 5.53. The number of aromatic hydroxyl groups is 2. The molecule has 5 aromatic rings. The number of phenols is 2. The molecule has 0 saturated heterocycles. The van der Waals surface area contributed by atoms with Crippen LogP contribution in [0, 0.1) is 13.8 Å². The number of hydrogen-bond donors (Lipinski definition) is 2. The third-order valence-corrected chi connectivity index (χ3v) is 5.53. The van der Waals surface area contributed by atoms with Crippen molar-refractivity contribution in [3.63, 3.8) is 0 Å². The van der Waals surface area contributed by atoms with Crippen molar-refractivity contribution < 1.29 is 31.3 Å². The predicted molar refractivity (Wildman–Crippen MR) is 121 cm³/mol. The summed E-state index contributed by atoms with van der Waals surface area (Å²) in [6, 6.07) is 22.5. The maximum atomic E-state index is 10.3. The fraction of sp³-hybridized carbons (Fsp3) is 0.0769. The van der Waals surface area contributed by atoms with E-state index in [0.717, 1.165) is 32.9 Å². The Kier molecular flexibility index (Phi) is 5.51. The third kappa shape index (κ3) is 3.58. The average molecular weight is 588 g/mol. The van der Waals surface area contributed by atoms with E-state index in [9.17, 15) is 10.2 Å². The smallest absolute Gasteiger partial charge is 0.124 e. The zero-order valence-corrected chi connectivity index (χ0v) is 19.3. The van der Waals surface area contributed by atoms with E-state index in [1.165, 1.54) is 0 Å². The van der Waals surface area contributed by atoms with Gasteiger partial charge in [-0.1, -0.05) is 36.4 Å². The van der Waals surface area contributed by atoms with Gasteiger partial charge in [0, 0.05) is 43.0 Å². The molecule has 4 nitrogen and oxygen atoms in total. The Hall–Kier alpha value is -3.23. The molecule has 0 aliphatic carbocycles. The molecular weight excluding hydrogens is 567 g/mol. The van der Waals surface area contributed by atoms with Gasteiger partial charge in [-0.15, -0.1) is 0 Å². The van der Waals surface area contributed by atoms with Crippen LogP contribution in [0.1, 0.15) is 11.1 Å². The van der Waals surface area contributed by atoms with Crippen LogP contribution in [-0.2, 0) is 21.1 Å². The molecule has 0 atom stereocenters. The summed E-state index contributed by atoms with van der Waals surface area (Å²) in [5.41, 5.74) is 6.48. The SMILES string of the molecule is Cc1cc(-c2ccccc2O)nc2c1ccc1c(C)cc(-c3ccccc3O)nc12.[Pt]. The van der Waals surface area contributed by atoms with Gasteiger partial charge in [-0.3, -0.25) is 0 Å². The Morgan fingerprint density at radius 2 is 0.968 bits per heavy atom. The van der Waals surface area contributed by atoms with Crippen LogP contribution in [-0.4, -0.2) is 20.2 Å². The van der Waals surface area contributed by atoms with Gasteiger partial charge in [0.05, 0.1) is 22.4 Å². The maximum absolute atomic E-state index is 10.3. The minimum atomic E-state index is 0. The summed E-state index contributed by atoms with van der Waals surface area (Å²) in [5.74, 6) is 0.394. The Morgan fingerprint density at radius 3 is 1.35 bits per heavy atom. The largest absolute Gasteiger partial charge is 0.507 e. The van der Waals surface area contributed by atoms with Crippen molar-refractivity contribution in [1.29, 1.82) is 0 Å². The van der Waals surface area contributed by atoms with E-state index in [2.05, 4.69) is 12.1 Å². The second kappa shape index (κ2) is 8.13. The van der Waals surface area contributed by atoms with Crippen LogP contribution in [0.3, 0.4) is 0 Å². The number of phenolic OH excluding ortho intramolecular Hbond substituents is 2. The molecular formula is C26H20N2O2Pt. The molecule has 0 amide bonds. The van der Waals surface area contributed by atoms with E-state index in [-0.39, 0.29) is 32.6 Å². The van der Waals surface area contributed by atoms with Crippen molar-refractivity contribution in [2.75, 3.05) is 0 Å². The van der Waals surface area contributed by atoms with Crippen LogP contribution >= 0.6 is 0 Å². The van der Waals surface area contributed by atoms with Gasteiger partial charge in [0.1, 0.15) is 11.5 Å². The number of rotatable bonds is 2. The molecule has 0 unspecified atom stereocenters. The first-order valence-electron chi connectivity index (χ1n) is 9.81. The van der Waals surface area contributed by atoms with Crippen molar-refractivity contribution >= 4 is 21.8 Å². The summed E-state index contributed by atoms with van der Waals surface area (Å²) >= 11 is 0. The Balaban J connectivity index is 0.00000231. The summed E-state index contributed by atoms with van der Waals surface area (Å²) < 4.78 is 0. The summed E-state index contributed by atoms with van der Waals surface area (Å²) in [6.07, 6.45) is 0. The Labute approximate surface area is 194 Å². The quantitative estimate of drug-likeness (QED) is 0.244. The first-order chi connectivity index (χ1) is 14.5. The molecule has 0 bridgehead atoms. The second-order valence-electron chi connectivity index (χ2n) is 7.54. The number of aromatic nitrogens is 2. The van der Waals surface area contributed by atoms with E-state index in [4.69, 9.17) is 9.97 Å². The van der Waals surface area contributed by atoms with Crippen molar-refractivity contribution in [1.82, 2.24) is 9.97 Å². The zero-order chi connectivity index (χ0) is 20.8. The van der Waals surface area contributed by atoms with Crippen molar-refractivity contribution in [3.05, 3.63) is 83.9 Å². The first-order valence-corrected chi connectivity index (χ1v) is 9.81. The van der Waals surface area contributed by atoms with E-state index >= 15 is 0 Å². The van der Waals surface area contributed by atoms with E-state index < -0.39 is 0 Å². The predicted octanol–water partition coefficient (Wildman–Crippen LogP) is 6.14. The normalized spacial score (nSPS) is 10.9. The van der Waals surface area contributed by atoms with Gasteiger partial charge < -0.3 is 10.2 Å². The molecule has 0 aliphatic rings. The van der Waals surface area contributed by atoms with Gasteiger partial charge in [0.25, 0.3) is 0 Å². The number of fused-ring (bicyclic) bond motifs is 3. The van der Waals surface area contributed by atoms with Gasteiger partial charge in [-0.25, -0.2) is 9.97 Å². The summed E-state index contributed by atoms with van der Waals surface area (Å²) in [4.78, 5) is 9.82. The van der Waals surface area contributed by atoms with Crippen LogP contribution < -0.4 is 0 Å². The molecule has 0 radical (unpaired) electrons. The molecule has 156 valence electrons.